The van der Waals surface area contributed by atoms with Crippen molar-refractivity contribution in [2.75, 3.05) is 0 Å². The lowest BCUT2D eigenvalue weighted by Gasteiger charge is -2.20. The highest BCUT2D eigenvalue weighted by molar-refractivity contribution is 6.27. The second-order valence-electron chi connectivity index (χ2n) is 29.6. The van der Waals surface area contributed by atoms with Crippen LogP contribution < -0.4 is 0 Å². The maximum Gasteiger partial charge on any atom is 0.135 e. The van der Waals surface area contributed by atoms with Crippen molar-refractivity contribution < 1.29 is 46.1 Å². The van der Waals surface area contributed by atoms with Crippen LogP contribution in [0.1, 0.15) is 32.9 Å². The first kappa shape index (κ1) is 49.9. The maximum absolute atomic E-state index is 9.39. The fourth-order valence-electron chi connectivity index (χ4n) is 17.6. The minimum absolute atomic E-state index is 0.171. The molecule has 564 valence electrons. The summed E-state index contributed by atoms with van der Waals surface area (Å²) < 4.78 is 234. The van der Waals surface area contributed by atoms with Gasteiger partial charge < -0.3 is 13.3 Å². The Bertz CT molecular complexity index is 9710. The van der Waals surface area contributed by atoms with E-state index in [9.17, 15) is 11.0 Å². The lowest BCUT2D eigenvalue weighted by molar-refractivity contribution is 0.668. The van der Waals surface area contributed by atoms with Gasteiger partial charge >= 0.3 is 0 Å². The molecule has 0 spiro atoms. The molecule has 3 nitrogen and oxygen atoms in total. The normalized spacial score (nSPS) is 14.4. The highest BCUT2D eigenvalue weighted by Gasteiger charge is 2.25. The monoisotopic (exact) mass is 1560 g/mol. The molecule has 0 unspecified atom stereocenters. The first-order valence-corrected chi connectivity index (χ1v) is 39.5. The van der Waals surface area contributed by atoms with Crippen LogP contribution in [0.5, 0.6) is 0 Å². The number of para-hydroxylation sites is 3. The molecule has 0 atom stereocenters. The lowest BCUT2D eigenvalue weighted by atomic mass is 9.83. The van der Waals surface area contributed by atoms with Gasteiger partial charge in [-0.25, -0.2) is 0 Å². The predicted octanol–water partition coefficient (Wildman–Crippen LogP) is 33.8. The van der Waals surface area contributed by atoms with E-state index in [1.807, 2.05) is 267 Å². The zero-order valence-electron chi connectivity index (χ0n) is 88.1. The SMILES string of the molecule is [2H]c1c([2H])c([2H])c2c(-c3ccc4oc5ccccc5c4c3)c3c([2H])c([2H])c([2H])c([2H])c3c(-c3ccc4ccccc4c3)c2c1[2H].[2H]c1c([2H])c([2H])c2c(-c3ccccc3-c3ccc(-c4ccccc4)cc3)c3c([2H])c([2H])c([2H])c([2H])c3c(-c3ccc4oc5ccccc5c4c3)c2c1[2H].[2H]c1c([2H])c([2H])c2c(-c3ccccc3-c3ccccc3)c3c([2H])c([2H])c([2H])c([2H])c3c(-c3ccc4oc5ccccc5c4c3)c2c1[2H]. The summed E-state index contributed by atoms with van der Waals surface area (Å²) in [5.41, 5.74) is 14.5. The van der Waals surface area contributed by atoms with Crippen molar-refractivity contribution in [1.29, 1.82) is 0 Å². The van der Waals surface area contributed by atoms with Gasteiger partial charge in [0.1, 0.15) is 33.5 Å². The zero-order valence-corrected chi connectivity index (χ0v) is 64.1. The van der Waals surface area contributed by atoms with Crippen LogP contribution in [0.3, 0.4) is 0 Å². The molecule has 25 aromatic rings. The molecule has 0 aliphatic heterocycles. The smallest absolute Gasteiger partial charge is 0.135 e. The Hall–Kier alpha value is -15.9. The summed E-state index contributed by atoms with van der Waals surface area (Å²) in [5, 5.41) is 8.95. The average Bonchev–Trinajstić information content (AvgIpc) is 1.36. The first-order valence-electron chi connectivity index (χ1n) is 51.5. The molecule has 3 aromatic heterocycles. The molecule has 0 aliphatic carbocycles. The van der Waals surface area contributed by atoms with Crippen molar-refractivity contribution in [3.8, 4) is 100 Å². The van der Waals surface area contributed by atoms with Crippen molar-refractivity contribution in [2.45, 2.75) is 0 Å². The minimum atomic E-state index is -0.436. The van der Waals surface area contributed by atoms with Gasteiger partial charge in [0.2, 0.25) is 0 Å². The summed E-state index contributed by atoms with van der Waals surface area (Å²) in [6, 6.07) is 86.4. The Morgan fingerprint density at radius 3 is 0.727 bits per heavy atom. The topological polar surface area (TPSA) is 39.4 Å². The van der Waals surface area contributed by atoms with Gasteiger partial charge in [-0.05, 0) is 236 Å². The van der Waals surface area contributed by atoms with Crippen LogP contribution in [0.2, 0.25) is 0 Å². The van der Waals surface area contributed by atoms with Gasteiger partial charge in [-0.2, -0.15) is 0 Å². The molecule has 121 heavy (non-hydrogen) atoms. The van der Waals surface area contributed by atoms with Gasteiger partial charge in [0.25, 0.3) is 0 Å². The molecule has 0 N–H and O–H groups in total. The summed E-state index contributed by atoms with van der Waals surface area (Å²) in [6.45, 7) is 0. The van der Waals surface area contributed by atoms with Crippen molar-refractivity contribution in [2.24, 2.45) is 0 Å². The van der Waals surface area contributed by atoms with E-state index in [1.165, 1.54) is 0 Å². The molecule has 3 heterocycles. The molecule has 0 aliphatic rings. The number of hydrogen-bond donors (Lipinski definition) is 0. The molecule has 0 saturated carbocycles. The summed E-state index contributed by atoms with van der Waals surface area (Å²) in [7, 11) is 0. The van der Waals surface area contributed by atoms with Gasteiger partial charge in [-0.1, -0.05) is 388 Å². The predicted molar refractivity (Wildman–Crippen MR) is 513 cm³/mol. The summed E-state index contributed by atoms with van der Waals surface area (Å²) in [5.74, 6) is 0. The molecule has 0 saturated heterocycles. The molecule has 0 radical (unpaired) electrons. The number of hydrogen-bond acceptors (Lipinski definition) is 3. The van der Waals surface area contributed by atoms with Crippen LogP contribution in [-0.4, -0.2) is 0 Å². The number of benzene rings is 22. The van der Waals surface area contributed by atoms with E-state index in [4.69, 9.17) is 35.2 Å². The van der Waals surface area contributed by atoms with E-state index >= 15 is 0 Å². The molecular weight excluding hydrogens is 1470 g/mol. The fraction of sp³-hybridized carbons (Fsp3) is 0. The largest absolute Gasteiger partial charge is 0.456 e. The number of rotatable bonds is 9. The Morgan fingerprint density at radius 2 is 0.372 bits per heavy atom. The summed E-state index contributed by atoms with van der Waals surface area (Å²) in [6.07, 6.45) is 0. The molecule has 25 rings (SSSR count). The zero-order chi connectivity index (χ0) is 101. The Balaban J connectivity index is 0.000000121. The molecular formula is C118H74O3. The highest BCUT2D eigenvalue weighted by atomic mass is 16.3. The second-order valence-corrected chi connectivity index (χ2v) is 29.6. The van der Waals surface area contributed by atoms with E-state index in [0.29, 0.717) is 100 Å². The number of furan rings is 3. The molecule has 0 amide bonds. The third-order valence-electron chi connectivity index (χ3n) is 22.9. The summed E-state index contributed by atoms with van der Waals surface area (Å²) in [4.78, 5) is 0. The third-order valence-corrected chi connectivity index (χ3v) is 22.9. The Morgan fingerprint density at radius 1 is 0.140 bits per heavy atom. The van der Waals surface area contributed by atoms with Crippen LogP contribution in [0.4, 0.5) is 0 Å². The average molecular weight is 1560 g/mol. The van der Waals surface area contributed by atoms with E-state index in [1.54, 1.807) is 36.4 Å². The van der Waals surface area contributed by atoms with Crippen LogP contribution >= 0.6 is 0 Å². The van der Waals surface area contributed by atoms with Gasteiger partial charge in [0, 0.05) is 32.3 Å². The van der Waals surface area contributed by atoms with E-state index < -0.39 is 72.5 Å². The van der Waals surface area contributed by atoms with E-state index in [0.717, 1.165) is 76.5 Å². The Labute approximate surface area is 732 Å². The van der Waals surface area contributed by atoms with Gasteiger partial charge in [0.15, 0.2) is 0 Å². The Kier molecular flexibility index (Phi) is 12.2. The van der Waals surface area contributed by atoms with Crippen molar-refractivity contribution in [3.63, 3.8) is 0 Å². The molecule has 0 fully saturated rings. The first-order chi connectivity index (χ1) is 70.0. The van der Waals surface area contributed by atoms with E-state index in [2.05, 4.69) is 0 Å². The van der Waals surface area contributed by atoms with Crippen molar-refractivity contribution >= 4 is 141 Å². The van der Waals surface area contributed by atoms with Crippen LogP contribution in [0, 0.1) is 0 Å². The number of fused-ring (bicyclic) bond motifs is 16. The molecule has 3 heteroatoms. The van der Waals surface area contributed by atoms with Crippen LogP contribution in [0.25, 0.3) is 241 Å². The second kappa shape index (κ2) is 29.7. The highest BCUT2D eigenvalue weighted by Crippen LogP contribution is 2.51. The summed E-state index contributed by atoms with van der Waals surface area (Å²) >= 11 is 0. The fourth-order valence-corrected chi connectivity index (χ4v) is 17.6. The van der Waals surface area contributed by atoms with Crippen molar-refractivity contribution in [1.82, 2.24) is 0 Å². The van der Waals surface area contributed by atoms with Crippen LogP contribution in [-0.2, 0) is 0 Å². The van der Waals surface area contributed by atoms with Gasteiger partial charge in [-0.3, -0.25) is 0 Å². The quantitative estimate of drug-likeness (QED) is 0.135. The third kappa shape index (κ3) is 12.2. The van der Waals surface area contributed by atoms with Gasteiger partial charge in [-0.15, -0.1) is 0 Å². The van der Waals surface area contributed by atoms with Crippen molar-refractivity contribution in [3.05, 3.63) is 448 Å². The van der Waals surface area contributed by atoms with Gasteiger partial charge in [0.05, 0.1) is 32.9 Å². The standard InChI is InChI=1S/C44H28O.C38H24O.C36H22O/c1-2-12-29(13-3-1)30-22-24-31(25-23-30)33-14-4-5-16-35(33)44-38-19-8-6-17-36(38)43(37-18-7-9-20-39(37)44)32-26-27-42-40(28-32)34-15-10-11-21-41(34)45-42;1-2-12-25(13-3-1)27-14-4-5-16-29(27)38-32-19-8-6-17-30(32)37(31-18-7-9-20-33(31)38)26-22-23-36-34(24-26)28-15-10-11-21-35(28)39-36;1-2-10-24-21-25(18-17-23(24)9-1)35-28-12-3-5-14-30(28)36(31-15-6-4-13-29(31)35)26-19-20-34-32(22-26)27-11-7-8-16-33(27)37-34/h1-28H;1-24H;1-22H/i2*6D,7D,8D,9D,17D,18D,19D,20D;3D,4D,5D,6D,12D,13D,14D,15D. The minimum Gasteiger partial charge on any atom is -0.456 e. The van der Waals surface area contributed by atoms with Crippen LogP contribution in [0.15, 0.2) is 462 Å². The molecule has 22 aromatic carbocycles. The maximum atomic E-state index is 9.39. The lowest BCUT2D eigenvalue weighted by Crippen LogP contribution is -1.92. The molecule has 0 bridgehead atoms. The van der Waals surface area contributed by atoms with E-state index in [-0.39, 0.29) is 137 Å².